The predicted molar refractivity (Wildman–Crippen MR) is 102 cm³/mol. The molecule has 0 aliphatic rings. The highest BCUT2D eigenvalue weighted by Gasteiger charge is 2.17. The molecule has 0 aliphatic carbocycles. The second kappa shape index (κ2) is 8.10. The van der Waals surface area contributed by atoms with Crippen LogP contribution in [0.15, 0.2) is 36.4 Å². The highest BCUT2D eigenvalue weighted by Crippen LogP contribution is 2.30. The number of amides is 1. The molecule has 0 radical (unpaired) electrons. The Hall–Kier alpha value is -2.43. The van der Waals surface area contributed by atoms with E-state index in [9.17, 15) is 4.79 Å². The summed E-state index contributed by atoms with van der Waals surface area (Å²) < 4.78 is 0. The van der Waals surface area contributed by atoms with Gasteiger partial charge in [0.15, 0.2) is 11.5 Å². The van der Waals surface area contributed by atoms with E-state index in [1.54, 1.807) is 12.1 Å². The quantitative estimate of drug-likeness (QED) is 0.823. The normalized spacial score (nSPS) is 11.4. The zero-order valence-electron chi connectivity index (χ0n) is 15.8. The summed E-state index contributed by atoms with van der Waals surface area (Å²) in [4.78, 5) is 12.0. The van der Waals surface area contributed by atoms with Gasteiger partial charge in [-0.25, -0.2) is 0 Å². The Kier molecular flexibility index (Phi) is 6.12. The number of carbonyl (C=O) groups excluding carboxylic acids is 1. The van der Waals surface area contributed by atoms with Crippen molar-refractivity contribution in [3.8, 4) is 0 Å². The number of rotatable bonds is 6. The molecule has 2 aromatic rings. The number of nitrogens with zero attached hydrogens (tertiary/aromatic N) is 2. The lowest BCUT2D eigenvalue weighted by molar-refractivity contribution is 0.0946. The van der Waals surface area contributed by atoms with E-state index >= 15 is 0 Å². The molecule has 5 heteroatoms. The third-order valence-electron chi connectivity index (χ3n) is 3.90. The molecule has 0 bridgehead atoms. The number of carbonyl (C=O) groups is 1. The molecule has 2 rings (SSSR count). The topological polar surface area (TPSA) is 66.9 Å². The lowest BCUT2D eigenvalue weighted by Gasteiger charge is -2.23. The number of nitrogens with one attached hydrogen (secondary N) is 2. The predicted octanol–water partition coefficient (Wildman–Crippen LogP) is 4.29. The minimum Gasteiger partial charge on any atom is -0.351 e. The number of benzene rings is 1. The number of aromatic nitrogens is 2. The molecule has 1 aromatic heterocycles. The van der Waals surface area contributed by atoms with Crippen LogP contribution in [0.5, 0.6) is 0 Å². The Morgan fingerprint density at radius 3 is 2.40 bits per heavy atom. The molecule has 25 heavy (non-hydrogen) atoms. The van der Waals surface area contributed by atoms with Crippen LogP contribution >= 0.6 is 0 Å². The number of hydrogen-bond donors (Lipinski definition) is 2. The summed E-state index contributed by atoms with van der Waals surface area (Å²) in [7, 11) is 0. The van der Waals surface area contributed by atoms with Crippen LogP contribution < -0.4 is 10.6 Å². The van der Waals surface area contributed by atoms with E-state index < -0.39 is 0 Å². The largest absolute Gasteiger partial charge is 0.351 e. The van der Waals surface area contributed by atoms with Crippen LogP contribution in [0.25, 0.3) is 0 Å². The Bertz CT molecular complexity index is 702. The molecular formula is C20H28N4O. The first-order valence-corrected chi connectivity index (χ1v) is 8.76. The van der Waals surface area contributed by atoms with E-state index in [0.717, 1.165) is 12.1 Å². The average molecular weight is 340 g/mol. The minimum absolute atomic E-state index is 0.0211. The molecule has 0 unspecified atom stereocenters. The van der Waals surface area contributed by atoms with Gasteiger partial charge < -0.3 is 10.6 Å². The van der Waals surface area contributed by atoms with Crippen molar-refractivity contribution in [2.24, 2.45) is 5.92 Å². The van der Waals surface area contributed by atoms with E-state index in [1.165, 1.54) is 5.56 Å². The first kappa shape index (κ1) is 18.9. The molecule has 0 saturated carbocycles. The lowest BCUT2D eigenvalue weighted by atomic mass is 9.86. The van der Waals surface area contributed by atoms with E-state index in [-0.39, 0.29) is 11.3 Å². The second-order valence-electron chi connectivity index (χ2n) is 7.66. The first-order valence-electron chi connectivity index (χ1n) is 8.76. The molecule has 0 atom stereocenters. The summed E-state index contributed by atoms with van der Waals surface area (Å²) in [5, 5.41) is 14.3. The number of anilines is 2. The van der Waals surface area contributed by atoms with Crippen molar-refractivity contribution in [1.82, 2.24) is 15.5 Å². The summed E-state index contributed by atoms with van der Waals surface area (Å²) in [6.45, 7) is 11.4. The van der Waals surface area contributed by atoms with E-state index in [2.05, 4.69) is 61.5 Å². The molecule has 0 fully saturated rings. The molecule has 2 N–H and O–H groups in total. The summed E-state index contributed by atoms with van der Waals surface area (Å²) >= 11 is 0. The van der Waals surface area contributed by atoms with Gasteiger partial charge in [0.25, 0.3) is 5.91 Å². The molecule has 0 aliphatic heterocycles. The summed E-state index contributed by atoms with van der Waals surface area (Å²) in [6.07, 6.45) is 0.947. The Morgan fingerprint density at radius 2 is 1.80 bits per heavy atom. The van der Waals surface area contributed by atoms with Gasteiger partial charge in [0.05, 0.1) is 0 Å². The Labute approximate surface area is 150 Å². The van der Waals surface area contributed by atoms with Gasteiger partial charge in [0.1, 0.15) is 0 Å². The molecule has 1 aromatic carbocycles. The van der Waals surface area contributed by atoms with Gasteiger partial charge in [-0.1, -0.05) is 52.8 Å². The van der Waals surface area contributed by atoms with Gasteiger partial charge in [-0.15, -0.1) is 10.2 Å². The highest BCUT2D eigenvalue weighted by molar-refractivity contribution is 5.92. The van der Waals surface area contributed by atoms with Crippen LogP contribution in [-0.4, -0.2) is 22.6 Å². The summed E-state index contributed by atoms with van der Waals surface area (Å²) in [5.41, 5.74) is 2.55. The lowest BCUT2D eigenvalue weighted by Crippen LogP contribution is -2.26. The van der Waals surface area contributed by atoms with Gasteiger partial charge in [0, 0.05) is 12.2 Å². The van der Waals surface area contributed by atoms with Crippen molar-refractivity contribution in [1.29, 1.82) is 0 Å². The van der Waals surface area contributed by atoms with Crippen LogP contribution in [0.3, 0.4) is 0 Å². The van der Waals surface area contributed by atoms with Gasteiger partial charge in [-0.05, 0) is 41.5 Å². The summed E-state index contributed by atoms with van der Waals surface area (Å²) in [6, 6.07) is 11.6. The fourth-order valence-electron chi connectivity index (χ4n) is 2.47. The zero-order valence-corrected chi connectivity index (χ0v) is 15.8. The Balaban J connectivity index is 2.05. The molecule has 5 nitrogen and oxygen atoms in total. The van der Waals surface area contributed by atoms with Crippen LogP contribution in [0.4, 0.5) is 11.5 Å². The van der Waals surface area contributed by atoms with Crippen LogP contribution in [0.1, 0.15) is 57.1 Å². The van der Waals surface area contributed by atoms with Crippen molar-refractivity contribution in [2.75, 3.05) is 11.9 Å². The standard InChI is InChI=1S/C20H28N4O/c1-14(2)12-13-21-19(25)17-10-11-18(24-23-17)22-16-9-7-6-8-15(16)20(3,4)5/h6-11,14H,12-13H2,1-5H3,(H,21,25)(H,22,24). The van der Waals surface area contributed by atoms with Gasteiger partial charge >= 0.3 is 0 Å². The molecule has 1 amide bonds. The maximum Gasteiger partial charge on any atom is 0.271 e. The number of para-hydroxylation sites is 1. The first-order chi connectivity index (χ1) is 11.8. The van der Waals surface area contributed by atoms with Gasteiger partial charge in [-0.3, -0.25) is 4.79 Å². The van der Waals surface area contributed by atoms with E-state index in [1.807, 2.05) is 18.2 Å². The maximum absolute atomic E-state index is 12.0. The third-order valence-corrected chi connectivity index (χ3v) is 3.90. The van der Waals surface area contributed by atoms with Crippen molar-refractivity contribution in [3.63, 3.8) is 0 Å². The smallest absolute Gasteiger partial charge is 0.271 e. The number of hydrogen-bond acceptors (Lipinski definition) is 4. The average Bonchev–Trinajstić information content (AvgIpc) is 2.54. The van der Waals surface area contributed by atoms with Crippen molar-refractivity contribution >= 4 is 17.4 Å². The highest BCUT2D eigenvalue weighted by atomic mass is 16.1. The van der Waals surface area contributed by atoms with Crippen LogP contribution in [0, 0.1) is 5.92 Å². The monoisotopic (exact) mass is 340 g/mol. The van der Waals surface area contributed by atoms with Crippen molar-refractivity contribution in [3.05, 3.63) is 47.7 Å². The van der Waals surface area contributed by atoms with Crippen molar-refractivity contribution < 1.29 is 4.79 Å². The summed E-state index contributed by atoms with van der Waals surface area (Å²) in [5.74, 6) is 0.992. The molecule has 134 valence electrons. The van der Waals surface area contributed by atoms with E-state index in [0.29, 0.717) is 24.0 Å². The Morgan fingerprint density at radius 1 is 1.08 bits per heavy atom. The SMILES string of the molecule is CC(C)CCNC(=O)c1ccc(Nc2ccccc2C(C)(C)C)nn1. The van der Waals surface area contributed by atoms with Crippen LogP contribution in [-0.2, 0) is 5.41 Å². The second-order valence-corrected chi connectivity index (χ2v) is 7.66. The maximum atomic E-state index is 12.0. The fraction of sp³-hybridized carbons (Fsp3) is 0.450. The minimum atomic E-state index is -0.185. The van der Waals surface area contributed by atoms with Crippen LogP contribution in [0.2, 0.25) is 0 Å². The van der Waals surface area contributed by atoms with E-state index in [4.69, 9.17) is 0 Å². The molecule has 0 spiro atoms. The molecular weight excluding hydrogens is 312 g/mol. The zero-order chi connectivity index (χ0) is 18.4. The molecule has 0 saturated heterocycles. The third kappa shape index (κ3) is 5.55. The van der Waals surface area contributed by atoms with Crippen molar-refractivity contribution in [2.45, 2.75) is 46.5 Å². The fourth-order valence-corrected chi connectivity index (χ4v) is 2.47. The van der Waals surface area contributed by atoms with Gasteiger partial charge in [-0.2, -0.15) is 0 Å². The molecule has 1 heterocycles. The van der Waals surface area contributed by atoms with Gasteiger partial charge in [0.2, 0.25) is 0 Å².